The molecule has 2 aromatic heterocycles. The number of halogens is 2. The fourth-order valence-corrected chi connectivity index (χ4v) is 4.64. The number of hydrogen-bond donors (Lipinski definition) is 1. The van der Waals surface area contributed by atoms with E-state index in [0.717, 1.165) is 25.3 Å². The summed E-state index contributed by atoms with van der Waals surface area (Å²) in [5.74, 6) is -0.343. The third-order valence-electron chi connectivity index (χ3n) is 5.30. The number of carbonyl (C=O) groups excluding carboxylic acids is 1. The van der Waals surface area contributed by atoms with E-state index in [1.807, 2.05) is 22.6 Å². The maximum atomic E-state index is 13.3. The Morgan fingerprint density at radius 2 is 2.00 bits per heavy atom. The summed E-state index contributed by atoms with van der Waals surface area (Å²) >= 11 is 7.25. The van der Waals surface area contributed by atoms with Crippen LogP contribution >= 0.6 is 23.4 Å². The van der Waals surface area contributed by atoms with Crippen molar-refractivity contribution in [2.45, 2.75) is 50.1 Å². The first-order valence-corrected chi connectivity index (χ1v) is 12.0. The number of hydrogen-bond acceptors (Lipinski definition) is 5. The van der Waals surface area contributed by atoms with Crippen LogP contribution in [0.4, 0.5) is 10.1 Å². The topological polar surface area (TPSA) is 81.3 Å². The predicted octanol–water partition coefficient (Wildman–Crippen LogP) is 5.15. The van der Waals surface area contributed by atoms with Gasteiger partial charge in [0.1, 0.15) is 5.82 Å². The molecule has 1 unspecified atom stereocenters. The monoisotopic (exact) mass is 487 g/mol. The minimum Gasteiger partial charge on any atom is -0.324 e. The van der Waals surface area contributed by atoms with Crippen LogP contribution in [0.3, 0.4) is 0 Å². The van der Waals surface area contributed by atoms with E-state index in [1.54, 1.807) is 17.6 Å². The highest BCUT2D eigenvalue weighted by Gasteiger charge is 2.22. The van der Waals surface area contributed by atoms with Crippen molar-refractivity contribution >= 4 is 51.6 Å². The zero-order valence-corrected chi connectivity index (χ0v) is 19.8. The highest BCUT2D eigenvalue weighted by molar-refractivity contribution is 8.00. The van der Waals surface area contributed by atoms with Crippen molar-refractivity contribution in [2.75, 3.05) is 5.32 Å². The minimum atomic E-state index is -0.558. The summed E-state index contributed by atoms with van der Waals surface area (Å²) in [5.41, 5.74) is 0.914. The highest BCUT2D eigenvalue weighted by Crippen LogP contribution is 2.28. The Bertz CT molecular complexity index is 1390. The largest absolute Gasteiger partial charge is 0.324 e. The quantitative estimate of drug-likeness (QED) is 0.275. The lowest BCUT2D eigenvalue weighted by molar-refractivity contribution is -0.115. The normalized spacial score (nSPS) is 12.4. The number of benzene rings is 2. The van der Waals surface area contributed by atoms with Crippen molar-refractivity contribution in [3.8, 4) is 0 Å². The van der Waals surface area contributed by atoms with Gasteiger partial charge in [0.2, 0.25) is 11.7 Å². The van der Waals surface area contributed by atoms with Crippen LogP contribution in [-0.4, -0.2) is 30.3 Å². The first-order chi connectivity index (χ1) is 15.9. The molecule has 0 spiro atoms. The summed E-state index contributed by atoms with van der Waals surface area (Å²) < 4.78 is 16.8. The zero-order chi connectivity index (χ0) is 23.5. The molecule has 4 aromatic rings. The molecule has 7 nitrogen and oxygen atoms in total. The lowest BCUT2D eigenvalue weighted by Crippen LogP contribution is -2.24. The molecule has 33 heavy (non-hydrogen) atoms. The van der Waals surface area contributed by atoms with Crippen molar-refractivity contribution in [3.63, 3.8) is 0 Å². The van der Waals surface area contributed by atoms with Gasteiger partial charge >= 0.3 is 0 Å². The van der Waals surface area contributed by atoms with E-state index in [-0.39, 0.29) is 16.5 Å². The van der Waals surface area contributed by atoms with E-state index in [4.69, 9.17) is 11.6 Å². The summed E-state index contributed by atoms with van der Waals surface area (Å²) in [6, 6.07) is 11.1. The molecule has 0 radical (unpaired) electrons. The smallest absolute Gasteiger partial charge is 0.262 e. The summed E-state index contributed by atoms with van der Waals surface area (Å²) in [4.78, 5) is 25.9. The van der Waals surface area contributed by atoms with Gasteiger partial charge in [0.25, 0.3) is 5.56 Å². The maximum Gasteiger partial charge on any atom is 0.262 e. The maximum absolute atomic E-state index is 13.3. The van der Waals surface area contributed by atoms with Gasteiger partial charge in [-0.05, 0) is 43.7 Å². The number of nitrogens with zero attached hydrogens (tertiary/aromatic N) is 4. The first kappa shape index (κ1) is 23.3. The second-order valence-electron chi connectivity index (χ2n) is 7.67. The van der Waals surface area contributed by atoms with Crippen molar-refractivity contribution in [1.82, 2.24) is 19.2 Å². The molecule has 1 atom stereocenters. The van der Waals surface area contributed by atoms with E-state index >= 15 is 0 Å². The average molecular weight is 488 g/mol. The summed E-state index contributed by atoms with van der Waals surface area (Å²) in [6.45, 7) is 4.39. The van der Waals surface area contributed by atoms with Crippen LogP contribution in [0.5, 0.6) is 0 Å². The van der Waals surface area contributed by atoms with Gasteiger partial charge in [-0.2, -0.15) is 0 Å². The van der Waals surface area contributed by atoms with E-state index in [2.05, 4.69) is 22.4 Å². The summed E-state index contributed by atoms with van der Waals surface area (Å²) in [5, 5.41) is 11.9. The minimum absolute atomic E-state index is 0.102. The van der Waals surface area contributed by atoms with Gasteiger partial charge in [-0.1, -0.05) is 55.3 Å². The van der Waals surface area contributed by atoms with Gasteiger partial charge in [0.05, 0.1) is 26.9 Å². The molecule has 0 bridgehead atoms. The molecule has 10 heteroatoms. The molecular formula is C23H23ClFN5O2S. The second-order valence-corrected chi connectivity index (χ2v) is 9.39. The van der Waals surface area contributed by atoms with Gasteiger partial charge in [0.15, 0.2) is 5.16 Å². The Kier molecular flexibility index (Phi) is 6.99. The number of anilines is 1. The third kappa shape index (κ3) is 4.74. The molecular weight excluding hydrogens is 465 g/mol. The number of unbranched alkanes of at least 4 members (excludes halogenated alkanes) is 2. The molecule has 1 N–H and O–H groups in total. The number of para-hydroxylation sites is 1. The number of aromatic nitrogens is 4. The highest BCUT2D eigenvalue weighted by atomic mass is 35.5. The average Bonchev–Trinajstić information content (AvgIpc) is 3.21. The molecule has 1 amide bonds. The molecule has 0 saturated carbocycles. The summed E-state index contributed by atoms with van der Waals surface area (Å²) in [6.07, 6.45) is 2.90. The van der Waals surface area contributed by atoms with Crippen molar-refractivity contribution in [3.05, 3.63) is 63.7 Å². The molecule has 0 aliphatic carbocycles. The molecule has 2 aromatic carbocycles. The van der Waals surface area contributed by atoms with Gasteiger partial charge in [0, 0.05) is 6.54 Å². The van der Waals surface area contributed by atoms with Gasteiger partial charge in [-0.15, -0.1) is 10.2 Å². The zero-order valence-electron chi connectivity index (χ0n) is 18.2. The Hall–Kier alpha value is -2.91. The molecule has 0 saturated heterocycles. The van der Waals surface area contributed by atoms with Crippen LogP contribution in [0.25, 0.3) is 16.7 Å². The SMILES string of the molecule is CCCCCn1c(=O)c2ccccc2n2c(SC(C)C(=O)Nc3ccc(F)cc3Cl)nnc12. The molecule has 0 aliphatic rings. The van der Waals surface area contributed by atoms with Crippen molar-refractivity contribution < 1.29 is 9.18 Å². The van der Waals surface area contributed by atoms with Crippen LogP contribution < -0.4 is 10.9 Å². The molecule has 2 heterocycles. The van der Waals surface area contributed by atoms with Crippen LogP contribution in [0.15, 0.2) is 52.4 Å². The number of rotatable bonds is 8. The Labute approximate surface area is 199 Å². The van der Waals surface area contributed by atoms with Gasteiger partial charge in [-0.25, -0.2) is 4.39 Å². The van der Waals surface area contributed by atoms with Crippen molar-refractivity contribution in [1.29, 1.82) is 0 Å². The van der Waals surface area contributed by atoms with Crippen LogP contribution in [0.1, 0.15) is 33.1 Å². The fourth-order valence-electron chi connectivity index (χ4n) is 3.57. The van der Waals surface area contributed by atoms with E-state index < -0.39 is 11.1 Å². The lowest BCUT2D eigenvalue weighted by Gasteiger charge is -2.14. The van der Waals surface area contributed by atoms with Crippen LogP contribution in [0.2, 0.25) is 5.02 Å². The lowest BCUT2D eigenvalue weighted by atomic mass is 10.2. The van der Waals surface area contributed by atoms with E-state index in [0.29, 0.717) is 34.1 Å². The Morgan fingerprint density at radius 1 is 1.21 bits per heavy atom. The number of fused-ring (bicyclic) bond motifs is 3. The number of thioether (sulfide) groups is 1. The van der Waals surface area contributed by atoms with E-state index in [1.165, 1.54) is 23.9 Å². The third-order valence-corrected chi connectivity index (χ3v) is 6.66. The molecule has 4 rings (SSSR count). The number of nitrogens with one attached hydrogen (secondary N) is 1. The molecule has 0 fully saturated rings. The molecule has 172 valence electrons. The second kappa shape index (κ2) is 9.93. The Morgan fingerprint density at radius 3 is 2.76 bits per heavy atom. The number of aryl methyl sites for hydroxylation is 1. The predicted molar refractivity (Wildman–Crippen MR) is 130 cm³/mol. The summed E-state index contributed by atoms with van der Waals surface area (Å²) in [7, 11) is 0. The number of amides is 1. The fraction of sp³-hybridized carbons (Fsp3) is 0.304. The standard InChI is InChI=1S/C23H23ClFN5O2S/c1-3-4-7-12-29-21(32)16-8-5-6-9-19(16)30-22(29)27-28-23(30)33-14(2)20(31)26-18-11-10-15(25)13-17(18)24/h5-6,8-11,13-14H,3-4,7,12H2,1-2H3,(H,26,31). The molecule has 0 aliphatic heterocycles. The number of carbonyl (C=O) groups is 1. The van der Waals surface area contributed by atoms with Crippen LogP contribution in [0, 0.1) is 5.82 Å². The van der Waals surface area contributed by atoms with Gasteiger partial charge in [-0.3, -0.25) is 18.6 Å². The van der Waals surface area contributed by atoms with E-state index in [9.17, 15) is 14.0 Å². The van der Waals surface area contributed by atoms with Crippen LogP contribution in [-0.2, 0) is 11.3 Å². The Balaban J connectivity index is 1.68. The van der Waals surface area contributed by atoms with Gasteiger partial charge < -0.3 is 5.32 Å². The first-order valence-electron chi connectivity index (χ1n) is 10.7. The van der Waals surface area contributed by atoms with Crippen molar-refractivity contribution in [2.24, 2.45) is 0 Å².